The molecule has 0 bridgehead atoms. The second-order valence-electron chi connectivity index (χ2n) is 6.00. The van der Waals surface area contributed by atoms with Gasteiger partial charge in [0.1, 0.15) is 5.82 Å². The molecular formula is C16H26N4O4S. The Labute approximate surface area is 149 Å². The van der Waals surface area contributed by atoms with Gasteiger partial charge in [0, 0.05) is 52.6 Å². The number of rotatable bonds is 8. The highest BCUT2D eigenvalue weighted by Gasteiger charge is 2.26. The fourth-order valence-corrected chi connectivity index (χ4v) is 3.53. The average molecular weight is 370 g/mol. The minimum absolute atomic E-state index is 0.119. The summed E-state index contributed by atoms with van der Waals surface area (Å²) in [4.78, 5) is 20.6. The smallest absolute Gasteiger partial charge is 0.238 e. The van der Waals surface area contributed by atoms with Gasteiger partial charge in [-0.2, -0.15) is 4.31 Å². The first-order chi connectivity index (χ1) is 11.9. The van der Waals surface area contributed by atoms with Crippen molar-refractivity contribution in [1.82, 2.24) is 14.2 Å². The second kappa shape index (κ2) is 9.12. The Morgan fingerprint density at radius 3 is 2.56 bits per heavy atom. The van der Waals surface area contributed by atoms with E-state index in [2.05, 4.69) is 9.88 Å². The summed E-state index contributed by atoms with van der Waals surface area (Å²) in [6.45, 7) is 3.12. The molecule has 1 saturated heterocycles. The molecule has 140 valence electrons. The molecule has 0 spiro atoms. The summed E-state index contributed by atoms with van der Waals surface area (Å²) < 4.78 is 29.9. The van der Waals surface area contributed by atoms with Gasteiger partial charge in [-0.05, 0) is 18.6 Å². The van der Waals surface area contributed by atoms with Crippen molar-refractivity contribution in [2.24, 2.45) is 0 Å². The zero-order valence-corrected chi connectivity index (χ0v) is 15.6. The maximum Gasteiger partial charge on any atom is 0.238 e. The molecule has 1 aliphatic heterocycles. The maximum atomic E-state index is 12.5. The van der Waals surface area contributed by atoms with Gasteiger partial charge >= 0.3 is 0 Å². The SMILES string of the molecule is COCCCN(CC(=O)N1CCN(c2ccccn2)CC1)S(C)(=O)=O. The van der Waals surface area contributed by atoms with Crippen LogP contribution in [-0.2, 0) is 19.6 Å². The van der Waals surface area contributed by atoms with Crippen LogP contribution in [0.3, 0.4) is 0 Å². The van der Waals surface area contributed by atoms with E-state index >= 15 is 0 Å². The van der Waals surface area contributed by atoms with Crippen molar-refractivity contribution in [3.8, 4) is 0 Å². The van der Waals surface area contributed by atoms with Crippen LogP contribution in [0.25, 0.3) is 0 Å². The summed E-state index contributed by atoms with van der Waals surface area (Å²) in [5.41, 5.74) is 0. The Morgan fingerprint density at radius 2 is 2.00 bits per heavy atom. The van der Waals surface area contributed by atoms with Gasteiger partial charge < -0.3 is 14.5 Å². The number of hydrogen-bond donors (Lipinski definition) is 0. The second-order valence-corrected chi connectivity index (χ2v) is 7.98. The van der Waals surface area contributed by atoms with Crippen molar-refractivity contribution in [1.29, 1.82) is 0 Å². The predicted octanol–water partition coefficient (Wildman–Crippen LogP) is 0.0283. The molecular weight excluding hydrogens is 344 g/mol. The Bertz CT molecular complexity index is 645. The number of carbonyl (C=O) groups is 1. The van der Waals surface area contributed by atoms with Crippen LogP contribution >= 0.6 is 0 Å². The third kappa shape index (κ3) is 5.94. The predicted molar refractivity (Wildman–Crippen MR) is 95.9 cm³/mol. The van der Waals surface area contributed by atoms with E-state index in [1.165, 1.54) is 4.31 Å². The first-order valence-corrected chi connectivity index (χ1v) is 10.1. The number of carbonyl (C=O) groups excluding carboxylic acids is 1. The third-order valence-corrected chi connectivity index (χ3v) is 5.39. The van der Waals surface area contributed by atoms with Crippen molar-refractivity contribution in [2.75, 3.05) is 64.1 Å². The lowest BCUT2D eigenvalue weighted by molar-refractivity contribution is -0.131. The highest BCUT2D eigenvalue weighted by Crippen LogP contribution is 2.13. The number of hydrogen-bond acceptors (Lipinski definition) is 6. The van der Waals surface area contributed by atoms with E-state index in [0.717, 1.165) is 12.1 Å². The number of anilines is 1. The molecule has 0 unspecified atom stereocenters. The van der Waals surface area contributed by atoms with E-state index in [-0.39, 0.29) is 19.0 Å². The fourth-order valence-electron chi connectivity index (χ4n) is 2.72. The molecule has 0 aliphatic carbocycles. The number of amides is 1. The third-order valence-electron chi connectivity index (χ3n) is 4.14. The quantitative estimate of drug-likeness (QED) is 0.601. The first kappa shape index (κ1) is 19.6. The Balaban J connectivity index is 1.88. The van der Waals surface area contributed by atoms with Gasteiger partial charge in [0.15, 0.2) is 0 Å². The van der Waals surface area contributed by atoms with E-state index < -0.39 is 10.0 Å². The zero-order chi connectivity index (χ0) is 18.3. The van der Waals surface area contributed by atoms with Crippen LogP contribution in [0.5, 0.6) is 0 Å². The van der Waals surface area contributed by atoms with Gasteiger partial charge in [-0.15, -0.1) is 0 Å². The van der Waals surface area contributed by atoms with Gasteiger partial charge in [-0.3, -0.25) is 4.79 Å². The van der Waals surface area contributed by atoms with E-state index in [1.807, 2.05) is 18.2 Å². The molecule has 9 heteroatoms. The van der Waals surface area contributed by atoms with Crippen LogP contribution < -0.4 is 4.90 Å². The molecule has 0 atom stereocenters. The van der Waals surface area contributed by atoms with Crippen LogP contribution in [0.15, 0.2) is 24.4 Å². The molecule has 8 nitrogen and oxygen atoms in total. The summed E-state index contributed by atoms with van der Waals surface area (Å²) in [5.74, 6) is 0.732. The zero-order valence-electron chi connectivity index (χ0n) is 14.8. The van der Waals surface area contributed by atoms with Crippen molar-refractivity contribution in [2.45, 2.75) is 6.42 Å². The van der Waals surface area contributed by atoms with E-state index in [4.69, 9.17) is 4.74 Å². The van der Waals surface area contributed by atoms with Crippen LogP contribution in [0.1, 0.15) is 6.42 Å². The highest BCUT2D eigenvalue weighted by molar-refractivity contribution is 7.88. The molecule has 0 N–H and O–H groups in total. The number of aromatic nitrogens is 1. The summed E-state index contributed by atoms with van der Waals surface area (Å²) in [7, 11) is -1.86. The highest BCUT2D eigenvalue weighted by atomic mass is 32.2. The molecule has 2 heterocycles. The maximum absolute atomic E-state index is 12.5. The first-order valence-electron chi connectivity index (χ1n) is 8.29. The molecule has 25 heavy (non-hydrogen) atoms. The number of ether oxygens (including phenoxy) is 1. The summed E-state index contributed by atoms with van der Waals surface area (Å²) in [6, 6.07) is 5.75. The lowest BCUT2D eigenvalue weighted by Crippen LogP contribution is -2.52. The Kier molecular flexibility index (Phi) is 7.15. The fraction of sp³-hybridized carbons (Fsp3) is 0.625. The van der Waals surface area contributed by atoms with Crippen LogP contribution in [0, 0.1) is 0 Å². The van der Waals surface area contributed by atoms with Gasteiger partial charge in [-0.1, -0.05) is 6.07 Å². The van der Waals surface area contributed by atoms with Gasteiger partial charge in [0.25, 0.3) is 0 Å². The standard InChI is InChI=1S/C16H26N4O4S/c1-24-13-5-8-20(25(2,22)23)14-16(21)19-11-9-18(10-12-19)15-6-3-4-7-17-15/h3-4,6-7H,5,8-14H2,1-2H3. The van der Waals surface area contributed by atoms with E-state index in [0.29, 0.717) is 39.2 Å². The number of methoxy groups -OCH3 is 1. The Hall–Kier alpha value is -1.71. The summed E-state index contributed by atoms with van der Waals surface area (Å²) in [6.07, 6.45) is 3.44. The van der Waals surface area contributed by atoms with Crippen LogP contribution in [0.4, 0.5) is 5.82 Å². The molecule has 1 fully saturated rings. The monoisotopic (exact) mass is 370 g/mol. The summed E-state index contributed by atoms with van der Waals surface area (Å²) >= 11 is 0. The number of nitrogens with zero attached hydrogens (tertiary/aromatic N) is 4. The number of piperazine rings is 1. The molecule has 1 amide bonds. The van der Waals surface area contributed by atoms with Gasteiger partial charge in [0.05, 0.1) is 12.8 Å². The molecule has 1 aromatic heterocycles. The van der Waals surface area contributed by atoms with Crippen LogP contribution in [-0.4, -0.2) is 87.8 Å². The van der Waals surface area contributed by atoms with Gasteiger partial charge in [0.2, 0.25) is 15.9 Å². The lowest BCUT2D eigenvalue weighted by Gasteiger charge is -2.36. The minimum Gasteiger partial charge on any atom is -0.385 e. The van der Waals surface area contributed by atoms with E-state index in [1.54, 1.807) is 18.2 Å². The van der Waals surface area contributed by atoms with Crippen molar-refractivity contribution in [3.63, 3.8) is 0 Å². The number of pyridine rings is 1. The number of sulfonamides is 1. The largest absolute Gasteiger partial charge is 0.385 e. The molecule has 0 radical (unpaired) electrons. The molecule has 2 rings (SSSR count). The van der Waals surface area contributed by atoms with Gasteiger partial charge in [-0.25, -0.2) is 13.4 Å². The van der Waals surface area contributed by atoms with Crippen molar-refractivity contribution < 1.29 is 17.9 Å². The van der Waals surface area contributed by atoms with E-state index in [9.17, 15) is 13.2 Å². The summed E-state index contributed by atoms with van der Waals surface area (Å²) in [5, 5.41) is 0. The van der Waals surface area contributed by atoms with Crippen molar-refractivity contribution >= 4 is 21.7 Å². The van der Waals surface area contributed by atoms with Crippen LogP contribution in [0.2, 0.25) is 0 Å². The Morgan fingerprint density at radius 1 is 1.28 bits per heavy atom. The minimum atomic E-state index is -3.42. The molecule has 0 saturated carbocycles. The normalized spacial score (nSPS) is 15.6. The average Bonchev–Trinajstić information content (AvgIpc) is 2.61. The topological polar surface area (TPSA) is 83.1 Å². The van der Waals surface area contributed by atoms with Crippen molar-refractivity contribution in [3.05, 3.63) is 24.4 Å². The lowest BCUT2D eigenvalue weighted by atomic mass is 10.3. The molecule has 0 aromatic carbocycles. The molecule has 1 aromatic rings. The molecule has 1 aliphatic rings.